The Morgan fingerprint density at radius 3 is 2.34 bits per heavy atom. The molecule has 0 aliphatic carbocycles. The fourth-order valence-corrected chi connectivity index (χ4v) is 4.53. The van der Waals surface area contributed by atoms with Crippen LogP contribution < -0.4 is 15.0 Å². The molecule has 1 aliphatic rings. The number of pyridine rings is 1. The Kier molecular flexibility index (Phi) is 7.66. The van der Waals surface area contributed by atoms with Gasteiger partial charge in [-0.25, -0.2) is 18.2 Å². The molecule has 1 aromatic heterocycles. The Morgan fingerprint density at radius 1 is 1.13 bits per heavy atom. The van der Waals surface area contributed by atoms with E-state index in [1.807, 2.05) is 0 Å². The number of halogens is 4. The van der Waals surface area contributed by atoms with Gasteiger partial charge >= 0.3 is 0 Å². The highest BCUT2D eigenvalue weighted by Gasteiger charge is 2.45. The fraction of sp³-hybridized carbons (Fsp3) is 0.296. The molecule has 1 fully saturated rings. The molecule has 11 heteroatoms. The number of hydrogen-bond acceptors (Lipinski definition) is 5. The number of aliphatic hydroxyl groups is 1. The number of nitrogens with one attached hydrogen (secondary N) is 1. The molecule has 0 saturated carbocycles. The molecular weight excluding hydrogens is 523 g/mol. The van der Waals surface area contributed by atoms with E-state index in [4.69, 9.17) is 16.3 Å². The van der Waals surface area contributed by atoms with E-state index < -0.39 is 52.3 Å². The second-order valence-corrected chi connectivity index (χ2v) is 9.88. The van der Waals surface area contributed by atoms with E-state index in [9.17, 15) is 19.1 Å². The summed E-state index contributed by atoms with van der Waals surface area (Å²) in [5.41, 5.74) is -1.48. The summed E-state index contributed by atoms with van der Waals surface area (Å²) in [6.07, 6.45) is 0. The number of rotatable bonds is 7. The Balaban J connectivity index is 1.72. The zero-order chi connectivity index (χ0) is 27.8. The van der Waals surface area contributed by atoms with Gasteiger partial charge in [0, 0.05) is 47.3 Å². The first-order valence-electron chi connectivity index (χ1n) is 11.7. The summed E-state index contributed by atoms with van der Waals surface area (Å²) in [7, 11) is 1.26. The summed E-state index contributed by atoms with van der Waals surface area (Å²) in [6.45, 7) is 2.28. The first-order chi connectivity index (χ1) is 17.9. The third-order valence-corrected chi connectivity index (χ3v) is 6.66. The maximum Gasteiger partial charge on any atom is 0.251 e. The fourth-order valence-electron chi connectivity index (χ4n) is 4.40. The first kappa shape index (κ1) is 27.4. The predicted molar refractivity (Wildman–Crippen MR) is 135 cm³/mol. The molecule has 4 rings (SSSR count). The van der Waals surface area contributed by atoms with Crippen LogP contribution in [0, 0.1) is 23.4 Å². The third-order valence-electron chi connectivity index (χ3n) is 6.41. The lowest BCUT2D eigenvalue weighted by Gasteiger charge is -2.21. The number of ether oxygens (including phenoxy) is 1. The number of anilines is 1. The summed E-state index contributed by atoms with van der Waals surface area (Å²) in [4.78, 5) is 31.4. The molecule has 7 nitrogen and oxygen atoms in total. The summed E-state index contributed by atoms with van der Waals surface area (Å²) in [6, 6.07) is 10.3. The van der Waals surface area contributed by atoms with Crippen molar-refractivity contribution in [3.63, 3.8) is 0 Å². The minimum atomic E-state index is -1.44. The molecule has 2 atom stereocenters. The zero-order valence-electron chi connectivity index (χ0n) is 20.8. The van der Waals surface area contributed by atoms with Crippen LogP contribution in [0.3, 0.4) is 0 Å². The van der Waals surface area contributed by atoms with Crippen LogP contribution in [0.15, 0.2) is 48.5 Å². The lowest BCUT2D eigenvalue weighted by atomic mass is 9.87. The van der Waals surface area contributed by atoms with Gasteiger partial charge in [0.15, 0.2) is 11.6 Å². The van der Waals surface area contributed by atoms with E-state index in [1.165, 1.54) is 51.3 Å². The normalized spacial score (nSPS) is 17.6. The number of carbonyl (C=O) groups is 2. The molecule has 2 aromatic carbocycles. The van der Waals surface area contributed by atoms with Crippen LogP contribution in [0.2, 0.25) is 5.02 Å². The van der Waals surface area contributed by atoms with Crippen molar-refractivity contribution in [3.05, 3.63) is 87.8 Å². The summed E-state index contributed by atoms with van der Waals surface area (Å²) in [5.74, 6) is -6.68. The van der Waals surface area contributed by atoms with E-state index in [-0.39, 0.29) is 35.9 Å². The largest absolute Gasteiger partial charge is 0.497 e. The van der Waals surface area contributed by atoms with Gasteiger partial charge in [0.05, 0.1) is 18.7 Å². The van der Waals surface area contributed by atoms with Gasteiger partial charge < -0.3 is 15.2 Å². The van der Waals surface area contributed by atoms with Gasteiger partial charge in [-0.15, -0.1) is 0 Å². The monoisotopic (exact) mass is 547 g/mol. The van der Waals surface area contributed by atoms with E-state index in [2.05, 4.69) is 10.3 Å². The topological polar surface area (TPSA) is 91.8 Å². The highest BCUT2D eigenvalue weighted by molar-refractivity contribution is 6.30. The maximum absolute atomic E-state index is 15.1. The Hall–Kier alpha value is -3.63. The van der Waals surface area contributed by atoms with Gasteiger partial charge in [-0.1, -0.05) is 11.6 Å². The average Bonchev–Trinajstić information content (AvgIpc) is 3.17. The van der Waals surface area contributed by atoms with Gasteiger partial charge in [0.2, 0.25) is 5.91 Å². The second kappa shape index (κ2) is 10.6. The highest BCUT2D eigenvalue weighted by Crippen LogP contribution is 2.40. The van der Waals surface area contributed by atoms with Crippen molar-refractivity contribution in [3.8, 4) is 5.75 Å². The molecule has 200 valence electrons. The lowest BCUT2D eigenvalue weighted by molar-refractivity contribution is -0.120. The molecule has 1 unspecified atom stereocenters. The number of hydrogen-bond donors (Lipinski definition) is 2. The van der Waals surface area contributed by atoms with Crippen molar-refractivity contribution in [2.24, 2.45) is 5.92 Å². The minimum absolute atomic E-state index is 0.0527. The predicted octanol–water partition coefficient (Wildman–Crippen LogP) is 4.56. The molecule has 38 heavy (non-hydrogen) atoms. The molecule has 0 bridgehead atoms. The molecule has 2 N–H and O–H groups in total. The van der Waals surface area contributed by atoms with Crippen LogP contribution in [0.25, 0.3) is 0 Å². The number of carbonyl (C=O) groups excluding carboxylic acids is 2. The van der Waals surface area contributed by atoms with Crippen molar-refractivity contribution >= 4 is 29.2 Å². The van der Waals surface area contributed by atoms with Crippen molar-refractivity contribution in [2.45, 2.75) is 25.4 Å². The van der Waals surface area contributed by atoms with Gasteiger partial charge in [0.25, 0.3) is 5.91 Å². The van der Waals surface area contributed by atoms with Gasteiger partial charge in [-0.2, -0.15) is 0 Å². The Bertz CT molecular complexity index is 1360. The second-order valence-electron chi connectivity index (χ2n) is 9.44. The van der Waals surface area contributed by atoms with Crippen LogP contribution >= 0.6 is 11.6 Å². The quantitative estimate of drug-likeness (QED) is 0.452. The van der Waals surface area contributed by atoms with Crippen LogP contribution in [0.1, 0.15) is 41.4 Å². The standard InChI is InChI=1S/C27H25ClF3N3O4/c1-27(2,37)22-9-8-19(29)24(33-22)34-13-18(23-20(30)10-16(38-3)11-21(23)31)17(26(34)36)12-32-25(35)14-4-6-15(28)7-5-14/h4-11,17-18,37H,12-13H2,1-3H3,(H,32,35)/t17?,18-/m1/s1. The molecule has 2 amide bonds. The number of methoxy groups -OCH3 is 1. The lowest BCUT2D eigenvalue weighted by Crippen LogP contribution is -2.36. The first-order valence-corrected chi connectivity index (χ1v) is 12.1. The number of amides is 2. The molecule has 1 saturated heterocycles. The smallest absolute Gasteiger partial charge is 0.251 e. The van der Waals surface area contributed by atoms with E-state index in [1.54, 1.807) is 0 Å². The van der Waals surface area contributed by atoms with Gasteiger partial charge in [0.1, 0.15) is 23.0 Å². The van der Waals surface area contributed by atoms with E-state index in [0.29, 0.717) is 5.02 Å². The van der Waals surface area contributed by atoms with Crippen LogP contribution in [-0.2, 0) is 10.4 Å². The van der Waals surface area contributed by atoms with Crippen molar-refractivity contribution in [2.75, 3.05) is 25.1 Å². The summed E-state index contributed by atoms with van der Waals surface area (Å²) < 4.78 is 50.0. The zero-order valence-corrected chi connectivity index (χ0v) is 21.5. The maximum atomic E-state index is 15.1. The number of nitrogens with zero attached hydrogens (tertiary/aromatic N) is 2. The molecular formula is C27H25ClF3N3O4. The molecule has 2 heterocycles. The molecule has 3 aromatic rings. The Morgan fingerprint density at radius 2 is 1.76 bits per heavy atom. The van der Waals surface area contributed by atoms with E-state index in [0.717, 1.165) is 23.1 Å². The molecule has 0 spiro atoms. The van der Waals surface area contributed by atoms with E-state index >= 15 is 8.78 Å². The molecule has 1 aliphatic heterocycles. The van der Waals surface area contributed by atoms with Gasteiger partial charge in [-0.3, -0.25) is 14.5 Å². The van der Waals surface area contributed by atoms with Gasteiger partial charge in [-0.05, 0) is 50.2 Å². The third kappa shape index (κ3) is 5.46. The molecule has 0 radical (unpaired) electrons. The van der Waals surface area contributed by atoms with Crippen LogP contribution in [-0.4, -0.2) is 42.1 Å². The highest BCUT2D eigenvalue weighted by atomic mass is 35.5. The van der Waals surface area contributed by atoms with Crippen LogP contribution in [0.5, 0.6) is 5.75 Å². The Labute approximate surface area is 222 Å². The van der Waals surface area contributed by atoms with Crippen LogP contribution in [0.4, 0.5) is 19.0 Å². The average molecular weight is 548 g/mol. The van der Waals surface area contributed by atoms with Crippen molar-refractivity contribution < 1.29 is 32.6 Å². The summed E-state index contributed by atoms with van der Waals surface area (Å²) >= 11 is 5.87. The van der Waals surface area contributed by atoms with Crippen molar-refractivity contribution in [1.29, 1.82) is 0 Å². The number of aromatic nitrogens is 1. The number of benzene rings is 2. The summed E-state index contributed by atoms with van der Waals surface area (Å²) in [5, 5.41) is 13.4. The SMILES string of the molecule is COc1cc(F)c([C@@H]2CN(c3nc(C(C)(C)O)ccc3F)C(=O)C2CNC(=O)c2ccc(Cl)cc2)c(F)c1. The van der Waals surface area contributed by atoms with Crippen molar-refractivity contribution in [1.82, 2.24) is 10.3 Å². The minimum Gasteiger partial charge on any atom is -0.497 e.